The van der Waals surface area contributed by atoms with Crippen molar-refractivity contribution in [2.24, 2.45) is 0 Å². The van der Waals surface area contributed by atoms with Crippen LogP contribution < -0.4 is 4.90 Å². The second-order valence-electron chi connectivity index (χ2n) is 5.56. The number of ketones is 1. The number of carbonyl (C=O) groups is 2. The van der Waals surface area contributed by atoms with E-state index in [1.54, 1.807) is 36.4 Å². The number of halogens is 1. The Morgan fingerprint density at radius 2 is 1.77 bits per heavy atom. The topological polar surface area (TPSA) is 37.4 Å². The summed E-state index contributed by atoms with van der Waals surface area (Å²) in [6.07, 6.45) is 3.41. The van der Waals surface area contributed by atoms with Gasteiger partial charge in [-0.2, -0.15) is 0 Å². The van der Waals surface area contributed by atoms with E-state index in [-0.39, 0.29) is 11.7 Å². The van der Waals surface area contributed by atoms with Crippen LogP contribution in [0.2, 0.25) is 0 Å². The molecule has 2 aromatic carbocycles. The summed E-state index contributed by atoms with van der Waals surface area (Å²) in [5.74, 6) is -0.255. The predicted octanol–water partition coefficient (Wildman–Crippen LogP) is 5.42. The smallest absolute Gasteiger partial charge is 0.270 e. The van der Waals surface area contributed by atoms with E-state index in [2.05, 4.69) is 0 Å². The van der Waals surface area contributed by atoms with Crippen molar-refractivity contribution >= 4 is 63.4 Å². The summed E-state index contributed by atoms with van der Waals surface area (Å²) in [6, 6.07) is 16.4. The molecular formula is C20H14ClNO2S2. The average molecular weight is 400 g/mol. The predicted molar refractivity (Wildman–Crippen MR) is 112 cm³/mol. The van der Waals surface area contributed by atoms with Crippen LogP contribution in [0.15, 0.2) is 70.6 Å². The first-order chi connectivity index (χ1) is 12.5. The first-order valence-corrected chi connectivity index (χ1v) is 9.37. The van der Waals surface area contributed by atoms with Crippen molar-refractivity contribution in [3.63, 3.8) is 0 Å². The Hall–Kier alpha value is -2.21. The summed E-state index contributed by atoms with van der Waals surface area (Å²) >= 11 is 12.8. The second-order valence-corrected chi connectivity index (χ2v) is 7.67. The van der Waals surface area contributed by atoms with E-state index in [1.165, 1.54) is 23.6 Å². The number of thioether (sulfide) groups is 1. The van der Waals surface area contributed by atoms with Gasteiger partial charge in [0, 0.05) is 10.6 Å². The summed E-state index contributed by atoms with van der Waals surface area (Å²) in [5, 5.41) is 0.448. The van der Waals surface area contributed by atoms with Gasteiger partial charge in [0.05, 0.1) is 10.6 Å². The molecule has 0 aliphatic carbocycles. The van der Waals surface area contributed by atoms with Gasteiger partial charge in [0.2, 0.25) is 0 Å². The van der Waals surface area contributed by atoms with E-state index in [1.807, 2.05) is 30.3 Å². The lowest BCUT2D eigenvalue weighted by atomic mass is 10.1. The molecule has 3 nitrogen and oxygen atoms in total. The quantitative estimate of drug-likeness (QED) is 0.391. The molecule has 0 aromatic heterocycles. The van der Waals surface area contributed by atoms with Crippen molar-refractivity contribution < 1.29 is 9.59 Å². The lowest BCUT2D eigenvalue weighted by Crippen LogP contribution is -2.27. The van der Waals surface area contributed by atoms with Crippen LogP contribution in [0.3, 0.4) is 0 Å². The number of anilines is 1. The first-order valence-electron chi connectivity index (χ1n) is 7.77. The molecule has 0 radical (unpaired) electrons. The van der Waals surface area contributed by atoms with Gasteiger partial charge in [-0.3, -0.25) is 14.5 Å². The lowest BCUT2D eigenvalue weighted by Gasteiger charge is -2.14. The van der Waals surface area contributed by atoms with Crippen molar-refractivity contribution in [1.82, 2.24) is 0 Å². The molecule has 3 rings (SSSR count). The highest BCUT2D eigenvalue weighted by atomic mass is 35.5. The number of amides is 1. The van der Waals surface area contributed by atoms with Gasteiger partial charge in [-0.05, 0) is 48.9 Å². The van der Waals surface area contributed by atoms with Crippen LogP contribution in [0.25, 0.3) is 6.08 Å². The Balaban J connectivity index is 1.84. The summed E-state index contributed by atoms with van der Waals surface area (Å²) in [4.78, 5) is 26.0. The van der Waals surface area contributed by atoms with Crippen molar-refractivity contribution in [2.75, 3.05) is 4.90 Å². The molecule has 0 unspecified atom stereocenters. The van der Waals surface area contributed by atoms with Crippen LogP contribution in [-0.4, -0.2) is 16.0 Å². The first kappa shape index (κ1) is 18.6. The Morgan fingerprint density at radius 1 is 1.12 bits per heavy atom. The highest BCUT2D eigenvalue weighted by molar-refractivity contribution is 8.27. The summed E-state index contributed by atoms with van der Waals surface area (Å²) in [5.41, 5.74) is 2.16. The number of rotatable bonds is 4. The molecule has 1 aliphatic heterocycles. The lowest BCUT2D eigenvalue weighted by molar-refractivity contribution is -0.113. The van der Waals surface area contributed by atoms with Crippen LogP contribution in [0, 0.1) is 0 Å². The third-order valence-corrected chi connectivity index (χ3v) is 5.22. The summed E-state index contributed by atoms with van der Waals surface area (Å²) in [6.45, 7) is 1.50. The molecule has 1 amide bonds. The maximum absolute atomic E-state index is 12.7. The molecule has 2 aromatic rings. The van der Waals surface area contributed by atoms with Crippen LogP contribution in [-0.2, 0) is 4.79 Å². The Morgan fingerprint density at radius 3 is 2.38 bits per heavy atom. The van der Waals surface area contributed by atoms with Gasteiger partial charge in [-0.15, -0.1) is 0 Å². The van der Waals surface area contributed by atoms with Gasteiger partial charge < -0.3 is 0 Å². The SMILES string of the molecule is CC(=O)c1ccc(N2C(=O)C(=CC(Cl)=Cc3ccccc3)SC2=S)cc1. The average Bonchev–Trinajstić information content (AvgIpc) is 2.89. The fraction of sp³-hybridized carbons (Fsp3) is 0.0500. The fourth-order valence-electron chi connectivity index (χ4n) is 2.41. The van der Waals surface area contributed by atoms with E-state index >= 15 is 0 Å². The molecule has 1 aliphatic rings. The zero-order chi connectivity index (χ0) is 18.7. The van der Waals surface area contributed by atoms with Crippen LogP contribution in [0.1, 0.15) is 22.8 Å². The standard InChI is InChI=1S/C20H14ClNO2S2/c1-13(23)15-7-9-17(10-8-15)22-19(24)18(26-20(22)25)12-16(21)11-14-5-3-2-4-6-14/h2-12H,1H3. The molecule has 130 valence electrons. The second kappa shape index (κ2) is 7.99. The van der Waals surface area contributed by atoms with E-state index in [4.69, 9.17) is 23.8 Å². The number of hydrogen-bond acceptors (Lipinski definition) is 4. The Labute approximate surface area is 166 Å². The highest BCUT2D eigenvalue weighted by Gasteiger charge is 2.33. The molecule has 0 saturated carbocycles. The normalized spacial score (nSPS) is 16.5. The molecular weight excluding hydrogens is 386 g/mol. The molecule has 26 heavy (non-hydrogen) atoms. The number of allylic oxidation sites excluding steroid dienone is 2. The van der Waals surface area contributed by atoms with Crippen molar-refractivity contribution in [3.05, 3.63) is 81.7 Å². The molecule has 1 fully saturated rings. The third-order valence-electron chi connectivity index (χ3n) is 3.70. The molecule has 0 atom stereocenters. The van der Waals surface area contributed by atoms with Gasteiger partial charge in [0.25, 0.3) is 5.91 Å². The van der Waals surface area contributed by atoms with E-state index in [0.717, 1.165) is 5.56 Å². The molecule has 0 spiro atoms. The van der Waals surface area contributed by atoms with Crippen molar-refractivity contribution in [3.8, 4) is 0 Å². The van der Waals surface area contributed by atoms with Gasteiger partial charge in [-0.25, -0.2) is 0 Å². The van der Waals surface area contributed by atoms with Crippen LogP contribution >= 0.6 is 35.6 Å². The third kappa shape index (κ3) is 4.12. The van der Waals surface area contributed by atoms with Gasteiger partial charge in [-0.1, -0.05) is 65.9 Å². The van der Waals surface area contributed by atoms with Gasteiger partial charge >= 0.3 is 0 Å². The molecule has 1 saturated heterocycles. The molecule has 1 heterocycles. The van der Waals surface area contributed by atoms with Gasteiger partial charge in [0.1, 0.15) is 0 Å². The Bertz CT molecular complexity index is 934. The zero-order valence-corrected chi connectivity index (χ0v) is 16.2. The van der Waals surface area contributed by atoms with Gasteiger partial charge in [0.15, 0.2) is 10.1 Å². The fourth-order valence-corrected chi connectivity index (χ4v) is 4.00. The largest absolute Gasteiger partial charge is 0.295 e. The van der Waals surface area contributed by atoms with Crippen molar-refractivity contribution in [1.29, 1.82) is 0 Å². The summed E-state index contributed by atoms with van der Waals surface area (Å²) in [7, 11) is 0. The molecule has 0 N–H and O–H groups in total. The molecule has 0 bridgehead atoms. The number of Topliss-reactive ketones (excluding diaryl/α,β-unsaturated/α-hetero) is 1. The number of nitrogens with zero attached hydrogens (tertiary/aromatic N) is 1. The number of thiocarbonyl (C=S) groups is 1. The van der Waals surface area contributed by atoms with E-state index in [0.29, 0.717) is 25.5 Å². The minimum atomic E-state index is -0.227. The van der Waals surface area contributed by atoms with E-state index < -0.39 is 0 Å². The monoisotopic (exact) mass is 399 g/mol. The minimum absolute atomic E-state index is 0.0281. The van der Waals surface area contributed by atoms with Crippen molar-refractivity contribution in [2.45, 2.75) is 6.92 Å². The maximum Gasteiger partial charge on any atom is 0.270 e. The number of carbonyl (C=O) groups excluding carboxylic acids is 2. The zero-order valence-electron chi connectivity index (χ0n) is 13.8. The highest BCUT2D eigenvalue weighted by Crippen LogP contribution is 2.36. The summed E-state index contributed by atoms with van der Waals surface area (Å²) < 4.78 is 0.431. The maximum atomic E-state index is 12.7. The van der Waals surface area contributed by atoms with Crippen LogP contribution in [0.5, 0.6) is 0 Å². The number of hydrogen-bond donors (Lipinski definition) is 0. The molecule has 6 heteroatoms. The number of benzene rings is 2. The van der Waals surface area contributed by atoms with Crippen LogP contribution in [0.4, 0.5) is 5.69 Å². The minimum Gasteiger partial charge on any atom is -0.295 e. The van der Waals surface area contributed by atoms with E-state index in [9.17, 15) is 9.59 Å². The Kier molecular flexibility index (Phi) is 5.71.